The van der Waals surface area contributed by atoms with Crippen molar-refractivity contribution in [1.82, 2.24) is 9.80 Å². The Labute approximate surface area is 408 Å². The van der Waals surface area contributed by atoms with Crippen LogP contribution in [0, 0.1) is 0 Å². The lowest BCUT2D eigenvalue weighted by Gasteiger charge is -2.35. The molecular weight excluding hydrogens is 885 g/mol. The van der Waals surface area contributed by atoms with Gasteiger partial charge in [-0.3, -0.25) is 9.80 Å². The second kappa shape index (κ2) is 20.0. The van der Waals surface area contributed by atoms with Crippen molar-refractivity contribution in [3.63, 3.8) is 0 Å². The molecule has 6 aliphatic rings. The van der Waals surface area contributed by atoms with Gasteiger partial charge < -0.3 is 48.8 Å². The number of nitrogens with zero attached hydrogens (tertiary/aromatic N) is 2. The van der Waals surface area contributed by atoms with E-state index in [0.717, 1.165) is 80.3 Å². The third kappa shape index (κ3) is 9.53. The van der Waals surface area contributed by atoms with E-state index < -0.39 is 0 Å². The van der Waals surface area contributed by atoms with Crippen LogP contribution < -0.4 is 28.4 Å². The fourth-order valence-corrected chi connectivity index (χ4v) is 10.5. The van der Waals surface area contributed by atoms with Gasteiger partial charge in [-0.05, 0) is 136 Å². The van der Waals surface area contributed by atoms with Gasteiger partial charge in [-0.15, -0.1) is 0 Å². The van der Waals surface area contributed by atoms with E-state index in [0.29, 0.717) is 49.4 Å². The Morgan fingerprint density at radius 2 is 0.771 bits per heavy atom. The summed E-state index contributed by atoms with van der Waals surface area (Å²) in [5, 5.41) is 40.1. The number of benzene rings is 6. The number of likely N-dealkylation sites (tertiary alicyclic amines) is 2. The Bertz CT molecular complexity index is 2720. The minimum absolute atomic E-state index is 0.158. The van der Waals surface area contributed by atoms with Crippen LogP contribution in [0.4, 0.5) is 0 Å². The highest BCUT2D eigenvalue weighted by Crippen LogP contribution is 2.54. The van der Waals surface area contributed by atoms with E-state index in [2.05, 4.69) is 9.80 Å². The highest BCUT2D eigenvalue weighted by Gasteiger charge is 2.37. The van der Waals surface area contributed by atoms with Crippen LogP contribution in [0.15, 0.2) is 121 Å². The van der Waals surface area contributed by atoms with Gasteiger partial charge in [0.15, 0.2) is 12.2 Å². The van der Waals surface area contributed by atoms with Gasteiger partial charge >= 0.3 is 0 Å². The van der Waals surface area contributed by atoms with Gasteiger partial charge in [-0.1, -0.05) is 37.1 Å². The van der Waals surface area contributed by atoms with Gasteiger partial charge in [0, 0.05) is 81.9 Å². The van der Waals surface area contributed by atoms with E-state index in [1.54, 1.807) is 48.5 Å². The molecular formula is C58H58N2O10. The molecule has 6 aliphatic heterocycles. The Hall–Kier alpha value is -7.28. The quantitative estimate of drug-likeness (QED) is 0.104. The summed E-state index contributed by atoms with van der Waals surface area (Å²) in [4.78, 5) is 4.93. The number of piperidine rings is 2. The number of hydrogen-bond donors (Lipinski definition) is 4. The van der Waals surface area contributed by atoms with E-state index in [-0.39, 0.29) is 35.2 Å². The molecule has 0 saturated carbocycles. The first-order valence-corrected chi connectivity index (χ1v) is 24.6. The largest absolute Gasteiger partial charge is 0.508 e. The highest BCUT2D eigenvalue weighted by atomic mass is 16.5. The SMILES string of the molecule is Oc1ccc2c(c1)O[C@@H](c1ccc(OCCN3CCCCC3)cc1)C1=C2COc2cc(O)ccc21.Oc1ccc2c(c1)O[C@H](c1ccc(OCCN3CCCCC3)cc1)C1=C2COc2cc(O)ccc21. The van der Waals surface area contributed by atoms with Gasteiger partial charge in [0.1, 0.15) is 83.9 Å². The lowest BCUT2D eigenvalue weighted by Crippen LogP contribution is -2.33. The molecule has 2 atom stereocenters. The molecule has 12 nitrogen and oxygen atoms in total. The summed E-state index contributed by atoms with van der Waals surface area (Å²) in [6, 6.07) is 36.8. The van der Waals surface area contributed by atoms with Crippen LogP contribution in [-0.4, -0.2) is 95.9 Å². The van der Waals surface area contributed by atoms with Gasteiger partial charge in [0.05, 0.1) is 0 Å². The van der Waals surface area contributed by atoms with Crippen molar-refractivity contribution < 1.29 is 48.8 Å². The molecule has 12 rings (SSSR count). The van der Waals surface area contributed by atoms with Crippen LogP contribution in [0.3, 0.4) is 0 Å². The third-order valence-corrected chi connectivity index (χ3v) is 14.1. The van der Waals surface area contributed by atoms with Gasteiger partial charge in [0.2, 0.25) is 0 Å². The molecule has 6 heterocycles. The number of phenolic OH excluding ortho intramolecular Hbond substituents is 4. The molecule has 6 aromatic rings. The Balaban J connectivity index is 0.000000152. The summed E-state index contributed by atoms with van der Waals surface area (Å²) in [5.74, 6) is 4.85. The molecule has 0 unspecified atom stereocenters. The molecule has 0 aliphatic carbocycles. The predicted octanol–water partition coefficient (Wildman–Crippen LogP) is 10.8. The fourth-order valence-electron chi connectivity index (χ4n) is 10.5. The fraction of sp³-hybridized carbons (Fsp3) is 0.310. The van der Waals surface area contributed by atoms with Crippen molar-refractivity contribution in [1.29, 1.82) is 0 Å². The van der Waals surface area contributed by atoms with Crippen LogP contribution in [0.5, 0.6) is 57.5 Å². The number of phenols is 4. The Kier molecular flexibility index (Phi) is 12.9. The number of ether oxygens (including phenoxy) is 6. The minimum atomic E-state index is -0.381. The van der Waals surface area contributed by atoms with Crippen molar-refractivity contribution >= 4 is 22.3 Å². The smallest absolute Gasteiger partial charge is 0.150 e. The van der Waals surface area contributed by atoms with Crippen LogP contribution in [0.2, 0.25) is 0 Å². The second-order valence-electron chi connectivity index (χ2n) is 18.7. The van der Waals surface area contributed by atoms with E-state index in [4.69, 9.17) is 28.4 Å². The predicted molar refractivity (Wildman–Crippen MR) is 268 cm³/mol. The number of hydrogen-bond acceptors (Lipinski definition) is 12. The number of fused-ring (bicyclic) bond motifs is 8. The molecule has 0 spiro atoms. The zero-order valence-corrected chi connectivity index (χ0v) is 39.1. The summed E-state index contributed by atoms with van der Waals surface area (Å²) in [6.07, 6.45) is 7.03. The normalized spacial score (nSPS) is 19.1. The lowest BCUT2D eigenvalue weighted by molar-refractivity contribution is 0.183. The zero-order valence-electron chi connectivity index (χ0n) is 39.1. The Morgan fingerprint density at radius 1 is 0.414 bits per heavy atom. The summed E-state index contributed by atoms with van der Waals surface area (Å²) < 4.78 is 37.0. The van der Waals surface area contributed by atoms with E-state index in [1.165, 1.54) is 64.7 Å². The molecule has 70 heavy (non-hydrogen) atoms. The summed E-state index contributed by atoms with van der Waals surface area (Å²) in [6.45, 7) is 8.64. The van der Waals surface area contributed by atoms with E-state index in [1.807, 2.05) is 72.8 Å². The standard InChI is InChI=1S/2C29H29NO5/c2*31-20-7-11-24-26(16-20)34-18-25-23-10-6-21(32)17-27(23)35-29(28(24)25)19-4-8-22(9-5-19)33-15-14-30-12-2-1-3-13-30/h2*4-11,16-17,29,31-32H,1-3,12-15,18H2/t2*29-/m10/s1. The average molecular weight is 943 g/mol. The molecule has 0 radical (unpaired) electrons. The molecule has 360 valence electrons. The molecule has 4 N–H and O–H groups in total. The maximum Gasteiger partial charge on any atom is 0.150 e. The van der Waals surface area contributed by atoms with Crippen molar-refractivity contribution in [3.05, 3.63) is 155 Å². The maximum atomic E-state index is 10.1. The molecule has 6 aromatic carbocycles. The van der Waals surface area contributed by atoms with Gasteiger partial charge in [-0.25, -0.2) is 0 Å². The topological polar surface area (TPSA) is 143 Å². The van der Waals surface area contributed by atoms with Gasteiger partial charge in [0.25, 0.3) is 0 Å². The van der Waals surface area contributed by atoms with Crippen molar-refractivity contribution in [2.45, 2.75) is 50.7 Å². The van der Waals surface area contributed by atoms with Crippen molar-refractivity contribution in [3.8, 4) is 57.5 Å². The second-order valence-corrected chi connectivity index (χ2v) is 18.7. The zero-order chi connectivity index (χ0) is 47.6. The van der Waals surface area contributed by atoms with Crippen molar-refractivity contribution in [2.75, 3.05) is 65.7 Å². The van der Waals surface area contributed by atoms with Crippen molar-refractivity contribution in [2.24, 2.45) is 0 Å². The highest BCUT2D eigenvalue weighted by molar-refractivity contribution is 6.00. The first-order valence-electron chi connectivity index (χ1n) is 24.6. The van der Waals surface area contributed by atoms with Crippen LogP contribution in [0.1, 0.15) is 84.1 Å². The van der Waals surface area contributed by atoms with Gasteiger partial charge in [-0.2, -0.15) is 0 Å². The van der Waals surface area contributed by atoms with Crippen LogP contribution >= 0.6 is 0 Å². The summed E-state index contributed by atoms with van der Waals surface area (Å²) in [5.41, 5.74) is 9.66. The van der Waals surface area contributed by atoms with Crippen LogP contribution in [-0.2, 0) is 0 Å². The summed E-state index contributed by atoms with van der Waals surface area (Å²) >= 11 is 0. The molecule has 0 bridgehead atoms. The van der Waals surface area contributed by atoms with E-state index >= 15 is 0 Å². The molecule has 0 aromatic heterocycles. The summed E-state index contributed by atoms with van der Waals surface area (Å²) in [7, 11) is 0. The third-order valence-electron chi connectivity index (χ3n) is 14.1. The molecule has 2 saturated heterocycles. The molecule has 0 amide bonds. The number of aromatic hydroxyl groups is 4. The average Bonchev–Trinajstić information content (AvgIpc) is 3.38. The molecule has 2 fully saturated rings. The van der Waals surface area contributed by atoms with Crippen LogP contribution in [0.25, 0.3) is 22.3 Å². The monoisotopic (exact) mass is 942 g/mol. The molecule has 12 heteroatoms. The van der Waals surface area contributed by atoms with E-state index in [9.17, 15) is 20.4 Å². The first-order chi connectivity index (χ1) is 34.3. The Morgan fingerprint density at radius 3 is 1.16 bits per heavy atom. The first kappa shape index (κ1) is 45.2. The number of rotatable bonds is 10. The minimum Gasteiger partial charge on any atom is -0.508 e. The maximum absolute atomic E-state index is 10.1. The lowest BCUT2D eigenvalue weighted by atomic mass is 9.84.